The monoisotopic (exact) mass is 267 g/mol. The minimum Gasteiger partial charge on any atom is -0.382 e. The number of nitrogen functional groups attached to an aromatic ring is 1. The Kier molecular flexibility index (Phi) is 1.76. The number of hydrogen-bond acceptors (Lipinski definition) is 4. The molecule has 1 aliphatic carbocycles. The highest BCUT2D eigenvalue weighted by Crippen LogP contribution is 2.40. The van der Waals surface area contributed by atoms with E-state index in [0.29, 0.717) is 23.3 Å². The maximum absolute atomic E-state index is 5.90. The molecule has 0 aromatic carbocycles. The lowest BCUT2D eigenvalue weighted by Crippen LogP contribution is -2.01. The molecule has 0 unspecified atom stereocenters. The summed E-state index contributed by atoms with van der Waals surface area (Å²) >= 11 is 3.44. The molecule has 0 radical (unpaired) electrons. The van der Waals surface area contributed by atoms with Crippen LogP contribution >= 0.6 is 15.9 Å². The average Bonchev–Trinajstić information content (AvgIpc) is 2.89. The predicted molar refractivity (Wildman–Crippen MR) is 60.4 cm³/mol. The van der Waals surface area contributed by atoms with E-state index in [1.165, 1.54) is 12.8 Å². The van der Waals surface area contributed by atoms with Crippen molar-refractivity contribution in [1.29, 1.82) is 0 Å². The van der Waals surface area contributed by atoms with Crippen molar-refractivity contribution >= 4 is 32.9 Å². The molecule has 15 heavy (non-hydrogen) atoms. The molecule has 2 aromatic rings. The number of aryl methyl sites for hydroxylation is 1. The first-order valence-corrected chi connectivity index (χ1v) is 5.63. The van der Waals surface area contributed by atoms with E-state index < -0.39 is 0 Å². The standard InChI is InChI=1S/C9H10BrN5/c1-4-12-7(11)6-8(13-4)14-9(10)15(6)5-2-3-5/h5H,2-3H2,1H3,(H2,11,12,13). The van der Waals surface area contributed by atoms with Gasteiger partial charge in [-0.2, -0.15) is 0 Å². The van der Waals surface area contributed by atoms with Crippen molar-refractivity contribution < 1.29 is 0 Å². The Bertz CT molecular complexity index is 543. The third-order valence-corrected chi connectivity index (χ3v) is 3.11. The van der Waals surface area contributed by atoms with Crippen LogP contribution in [0.3, 0.4) is 0 Å². The summed E-state index contributed by atoms with van der Waals surface area (Å²) in [6, 6.07) is 0.512. The van der Waals surface area contributed by atoms with Crippen LogP contribution in [0.15, 0.2) is 4.73 Å². The molecule has 0 saturated heterocycles. The van der Waals surface area contributed by atoms with Crippen molar-refractivity contribution in [2.75, 3.05) is 5.73 Å². The van der Waals surface area contributed by atoms with Gasteiger partial charge in [-0.25, -0.2) is 15.0 Å². The fourth-order valence-corrected chi connectivity index (χ4v) is 2.42. The molecule has 1 aliphatic rings. The highest BCUT2D eigenvalue weighted by molar-refractivity contribution is 9.10. The van der Waals surface area contributed by atoms with Crippen LogP contribution in [0, 0.1) is 6.92 Å². The fourth-order valence-electron chi connectivity index (χ4n) is 1.78. The fraction of sp³-hybridized carbons (Fsp3) is 0.444. The highest BCUT2D eigenvalue weighted by Gasteiger charge is 2.29. The minimum atomic E-state index is 0.512. The van der Waals surface area contributed by atoms with Crippen LogP contribution in [0.1, 0.15) is 24.7 Å². The molecule has 78 valence electrons. The second kappa shape index (κ2) is 2.91. The molecule has 2 N–H and O–H groups in total. The van der Waals surface area contributed by atoms with Gasteiger partial charge in [0.25, 0.3) is 0 Å². The summed E-state index contributed by atoms with van der Waals surface area (Å²) < 4.78 is 2.89. The smallest absolute Gasteiger partial charge is 0.184 e. The van der Waals surface area contributed by atoms with Gasteiger partial charge in [0.05, 0.1) is 0 Å². The lowest BCUT2D eigenvalue weighted by molar-refractivity contribution is 0.744. The summed E-state index contributed by atoms with van der Waals surface area (Å²) in [4.78, 5) is 12.8. The number of hydrogen-bond donors (Lipinski definition) is 1. The van der Waals surface area contributed by atoms with Crippen molar-refractivity contribution in [3.05, 3.63) is 10.6 Å². The molecule has 6 heteroatoms. The number of halogens is 1. The largest absolute Gasteiger partial charge is 0.382 e. The van der Waals surface area contributed by atoms with E-state index in [0.717, 1.165) is 10.3 Å². The van der Waals surface area contributed by atoms with E-state index in [4.69, 9.17) is 5.73 Å². The molecule has 2 heterocycles. The second-order valence-corrected chi connectivity index (χ2v) is 4.52. The van der Waals surface area contributed by atoms with Gasteiger partial charge >= 0.3 is 0 Å². The minimum absolute atomic E-state index is 0.512. The predicted octanol–water partition coefficient (Wildman–Crippen LogP) is 1.81. The zero-order valence-corrected chi connectivity index (χ0v) is 9.82. The van der Waals surface area contributed by atoms with Gasteiger partial charge in [-0.15, -0.1) is 0 Å². The molecular weight excluding hydrogens is 258 g/mol. The quantitative estimate of drug-likeness (QED) is 0.801. The molecule has 0 amide bonds. The molecule has 1 saturated carbocycles. The van der Waals surface area contributed by atoms with Crippen LogP contribution in [-0.4, -0.2) is 19.5 Å². The molecule has 1 fully saturated rings. The van der Waals surface area contributed by atoms with Crippen LogP contribution in [0.5, 0.6) is 0 Å². The third kappa shape index (κ3) is 1.31. The van der Waals surface area contributed by atoms with Gasteiger partial charge in [0.2, 0.25) is 0 Å². The lowest BCUT2D eigenvalue weighted by Gasteiger charge is -2.04. The third-order valence-electron chi connectivity index (χ3n) is 2.55. The number of imidazole rings is 1. The van der Waals surface area contributed by atoms with E-state index in [9.17, 15) is 0 Å². The van der Waals surface area contributed by atoms with Gasteiger partial charge in [0, 0.05) is 6.04 Å². The van der Waals surface area contributed by atoms with Crippen molar-refractivity contribution in [2.24, 2.45) is 0 Å². The number of aromatic nitrogens is 4. The number of nitrogens with zero attached hydrogens (tertiary/aromatic N) is 4. The highest BCUT2D eigenvalue weighted by atomic mass is 79.9. The molecular formula is C9H10BrN5. The van der Waals surface area contributed by atoms with E-state index in [-0.39, 0.29) is 0 Å². The number of fused-ring (bicyclic) bond motifs is 1. The van der Waals surface area contributed by atoms with Crippen LogP contribution in [0.2, 0.25) is 0 Å². The Labute approximate surface area is 94.9 Å². The normalized spacial score (nSPS) is 16.1. The van der Waals surface area contributed by atoms with Gasteiger partial charge in [-0.05, 0) is 35.7 Å². The van der Waals surface area contributed by atoms with Crippen LogP contribution in [0.4, 0.5) is 5.82 Å². The Hall–Kier alpha value is -1.17. The van der Waals surface area contributed by atoms with Crippen molar-refractivity contribution in [2.45, 2.75) is 25.8 Å². The summed E-state index contributed by atoms with van der Waals surface area (Å²) in [6.07, 6.45) is 2.36. The van der Waals surface area contributed by atoms with Crippen molar-refractivity contribution in [3.63, 3.8) is 0 Å². The van der Waals surface area contributed by atoms with Gasteiger partial charge in [-0.1, -0.05) is 0 Å². The van der Waals surface area contributed by atoms with Crippen LogP contribution in [-0.2, 0) is 0 Å². The number of rotatable bonds is 1. The molecule has 0 bridgehead atoms. The maximum Gasteiger partial charge on any atom is 0.184 e. The summed E-state index contributed by atoms with van der Waals surface area (Å²) in [5.74, 6) is 1.18. The number of nitrogens with two attached hydrogens (primary N) is 1. The topological polar surface area (TPSA) is 69.6 Å². The average molecular weight is 268 g/mol. The van der Waals surface area contributed by atoms with Gasteiger partial charge < -0.3 is 10.3 Å². The SMILES string of the molecule is Cc1nc(N)c2c(n1)nc(Br)n2C1CC1. The summed E-state index contributed by atoms with van der Waals surface area (Å²) in [6.45, 7) is 1.82. The Balaban J connectivity index is 2.38. The van der Waals surface area contributed by atoms with E-state index >= 15 is 0 Å². The molecule has 5 nitrogen and oxygen atoms in total. The van der Waals surface area contributed by atoms with Crippen LogP contribution in [0.25, 0.3) is 11.2 Å². The van der Waals surface area contributed by atoms with E-state index in [1.54, 1.807) is 0 Å². The second-order valence-electron chi connectivity index (χ2n) is 3.81. The Morgan fingerprint density at radius 1 is 1.33 bits per heavy atom. The first-order valence-electron chi connectivity index (χ1n) is 4.84. The molecule has 3 rings (SSSR count). The molecule has 0 aliphatic heterocycles. The van der Waals surface area contributed by atoms with Gasteiger partial charge in [0.15, 0.2) is 16.2 Å². The Morgan fingerprint density at radius 2 is 2.07 bits per heavy atom. The number of anilines is 1. The zero-order valence-electron chi connectivity index (χ0n) is 8.24. The zero-order chi connectivity index (χ0) is 10.6. The molecule has 0 spiro atoms. The summed E-state index contributed by atoms with van der Waals surface area (Å²) in [7, 11) is 0. The first kappa shape index (κ1) is 9.08. The van der Waals surface area contributed by atoms with E-state index in [2.05, 4.69) is 35.4 Å². The molecule has 0 atom stereocenters. The summed E-state index contributed by atoms with van der Waals surface area (Å²) in [5.41, 5.74) is 7.44. The van der Waals surface area contributed by atoms with E-state index in [1.807, 2.05) is 6.92 Å². The molecule has 2 aromatic heterocycles. The summed E-state index contributed by atoms with van der Waals surface area (Å²) in [5, 5.41) is 0. The van der Waals surface area contributed by atoms with Gasteiger partial charge in [-0.3, -0.25) is 0 Å². The lowest BCUT2D eigenvalue weighted by atomic mass is 10.4. The Morgan fingerprint density at radius 3 is 2.73 bits per heavy atom. The van der Waals surface area contributed by atoms with Crippen molar-refractivity contribution in [1.82, 2.24) is 19.5 Å². The van der Waals surface area contributed by atoms with Gasteiger partial charge in [0.1, 0.15) is 11.3 Å². The van der Waals surface area contributed by atoms with Crippen LogP contribution < -0.4 is 5.73 Å². The first-order chi connectivity index (χ1) is 7.16. The van der Waals surface area contributed by atoms with Crippen molar-refractivity contribution in [3.8, 4) is 0 Å². The maximum atomic E-state index is 5.90.